The molecular weight excluding hydrogens is 839 g/mol. The van der Waals surface area contributed by atoms with Gasteiger partial charge in [-0.25, -0.2) is 15.0 Å². The second kappa shape index (κ2) is 15.0. The van der Waals surface area contributed by atoms with Crippen LogP contribution in [0.5, 0.6) is 0 Å². The summed E-state index contributed by atoms with van der Waals surface area (Å²) >= 11 is 0. The smallest absolute Gasteiger partial charge is 0.164 e. The molecule has 0 amide bonds. The molecule has 5 nitrogen and oxygen atoms in total. The van der Waals surface area contributed by atoms with E-state index in [0.717, 1.165) is 61.3 Å². The number of para-hydroxylation sites is 3. The first-order chi connectivity index (χ1) is 34.0. The molecule has 1 aliphatic carbocycles. The van der Waals surface area contributed by atoms with Gasteiger partial charge in [0.1, 0.15) is 0 Å². The first kappa shape index (κ1) is 39.3. The Morgan fingerprint density at radius 1 is 0.333 bits per heavy atom. The van der Waals surface area contributed by atoms with Crippen LogP contribution < -0.4 is 0 Å². The molecule has 0 saturated carbocycles. The Hall–Kier alpha value is -8.93. The van der Waals surface area contributed by atoms with Crippen molar-refractivity contribution in [1.29, 1.82) is 0 Å². The number of benzene rings is 10. The van der Waals surface area contributed by atoms with E-state index in [1.54, 1.807) is 0 Å². The number of nitrogens with zero attached hydrogens (tertiary/aromatic N) is 5. The van der Waals surface area contributed by atoms with Gasteiger partial charge in [-0.15, -0.1) is 0 Å². The van der Waals surface area contributed by atoms with Crippen LogP contribution in [0.1, 0.15) is 25.0 Å². The standard InChI is InChI=1S/C64H43N5/c1-64(2)53-34-33-40-19-12-13-26-47(40)59(53)52-38-51-49-27-14-16-30-55(49)69(58(51)39-54(52)64)46-36-43(48-29-18-32-57-60(48)50-28-15-17-31-56(50)68(57)45-24-10-5-11-25-45)35-44(37-46)63-66-61(41-20-6-3-7-21-41)65-62(67-63)42-22-8-4-9-23-42/h3-39H,1-2H3. The Bertz CT molecular complexity index is 4140. The highest BCUT2D eigenvalue weighted by atomic mass is 15.0. The van der Waals surface area contributed by atoms with Crippen LogP contribution in [0.2, 0.25) is 0 Å². The summed E-state index contributed by atoms with van der Waals surface area (Å²) < 4.78 is 4.86. The summed E-state index contributed by atoms with van der Waals surface area (Å²) in [5.41, 5.74) is 16.8. The molecule has 324 valence electrons. The van der Waals surface area contributed by atoms with E-state index in [1.807, 2.05) is 36.4 Å². The largest absolute Gasteiger partial charge is 0.309 e. The van der Waals surface area contributed by atoms with Crippen LogP contribution in [0.3, 0.4) is 0 Å². The normalized spacial score (nSPS) is 12.9. The molecule has 0 N–H and O–H groups in total. The van der Waals surface area contributed by atoms with E-state index in [0.29, 0.717) is 17.5 Å². The summed E-state index contributed by atoms with van der Waals surface area (Å²) in [7, 11) is 0. The van der Waals surface area contributed by atoms with E-state index in [-0.39, 0.29) is 5.41 Å². The Labute approximate surface area is 399 Å². The van der Waals surface area contributed by atoms with E-state index in [2.05, 4.69) is 211 Å². The van der Waals surface area contributed by atoms with Crippen molar-refractivity contribution in [2.24, 2.45) is 0 Å². The molecule has 0 radical (unpaired) electrons. The first-order valence-electron chi connectivity index (χ1n) is 23.7. The quantitative estimate of drug-likeness (QED) is 0.167. The lowest BCUT2D eigenvalue weighted by atomic mass is 9.82. The second-order valence-corrected chi connectivity index (χ2v) is 18.8. The Morgan fingerprint density at radius 3 is 1.59 bits per heavy atom. The zero-order chi connectivity index (χ0) is 45.8. The SMILES string of the molecule is CC1(C)c2cc3c(cc2-c2c1ccc1ccccc21)c1ccccc1n3-c1cc(-c2nc(-c3ccccc3)nc(-c3ccccc3)n2)cc(-c2cccc3c2c2ccccc2n3-c2ccccc2)c1. The van der Waals surface area contributed by atoms with Gasteiger partial charge in [-0.3, -0.25) is 0 Å². The molecule has 3 heterocycles. The average molecular weight is 882 g/mol. The lowest BCUT2D eigenvalue weighted by Crippen LogP contribution is -2.15. The monoisotopic (exact) mass is 881 g/mol. The minimum absolute atomic E-state index is 0.216. The summed E-state index contributed by atoms with van der Waals surface area (Å²) in [5, 5.41) is 7.37. The van der Waals surface area contributed by atoms with Crippen molar-refractivity contribution in [3.8, 4) is 67.8 Å². The van der Waals surface area contributed by atoms with Crippen LogP contribution in [-0.4, -0.2) is 24.1 Å². The highest BCUT2D eigenvalue weighted by Crippen LogP contribution is 2.53. The van der Waals surface area contributed by atoms with Gasteiger partial charge < -0.3 is 9.13 Å². The van der Waals surface area contributed by atoms with Gasteiger partial charge in [0.15, 0.2) is 17.5 Å². The van der Waals surface area contributed by atoms with E-state index in [9.17, 15) is 0 Å². The fourth-order valence-electron chi connectivity index (χ4n) is 11.3. The highest BCUT2D eigenvalue weighted by molar-refractivity contribution is 6.17. The van der Waals surface area contributed by atoms with Gasteiger partial charge in [0.2, 0.25) is 0 Å². The van der Waals surface area contributed by atoms with Crippen molar-refractivity contribution in [2.75, 3.05) is 0 Å². The molecular formula is C64H43N5. The fraction of sp³-hybridized carbons (Fsp3) is 0.0469. The molecule has 1 aliphatic rings. The Balaban J connectivity index is 1.08. The topological polar surface area (TPSA) is 48.5 Å². The molecule has 0 saturated heterocycles. The third kappa shape index (κ3) is 6.00. The van der Waals surface area contributed by atoms with E-state index >= 15 is 0 Å². The van der Waals surface area contributed by atoms with Gasteiger partial charge in [0, 0.05) is 55.0 Å². The second-order valence-electron chi connectivity index (χ2n) is 18.8. The fourth-order valence-corrected chi connectivity index (χ4v) is 11.3. The summed E-state index contributed by atoms with van der Waals surface area (Å²) in [6.07, 6.45) is 0. The van der Waals surface area contributed by atoms with Crippen LogP contribution in [-0.2, 0) is 5.41 Å². The van der Waals surface area contributed by atoms with E-state index in [1.165, 1.54) is 54.6 Å². The summed E-state index contributed by atoms with van der Waals surface area (Å²) in [6, 6.07) is 80.8. The molecule has 0 fully saturated rings. The highest BCUT2D eigenvalue weighted by Gasteiger charge is 2.37. The summed E-state index contributed by atoms with van der Waals surface area (Å²) in [5.74, 6) is 1.86. The molecule has 10 aromatic carbocycles. The number of hydrogen-bond donors (Lipinski definition) is 0. The van der Waals surface area contributed by atoms with Gasteiger partial charge in [-0.1, -0.05) is 178 Å². The molecule has 0 spiro atoms. The predicted molar refractivity (Wildman–Crippen MR) is 285 cm³/mol. The first-order valence-corrected chi connectivity index (χ1v) is 23.7. The summed E-state index contributed by atoms with van der Waals surface area (Å²) in [4.78, 5) is 15.7. The van der Waals surface area contributed by atoms with Crippen molar-refractivity contribution in [2.45, 2.75) is 19.3 Å². The third-order valence-electron chi connectivity index (χ3n) is 14.5. The van der Waals surface area contributed by atoms with Crippen molar-refractivity contribution >= 4 is 54.4 Å². The van der Waals surface area contributed by atoms with Gasteiger partial charge in [-0.05, 0) is 105 Å². The average Bonchev–Trinajstić information content (AvgIpc) is 4.01. The van der Waals surface area contributed by atoms with Crippen LogP contribution in [0.4, 0.5) is 0 Å². The van der Waals surface area contributed by atoms with Crippen molar-refractivity contribution in [3.05, 3.63) is 236 Å². The molecule has 0 atom stereocenters. The van der Waals surface area contributed by atoms with Crippen molar-refractivity contribution in [3.63, 3.8) is 0 Å². The molecule has 0 aliphatic heterocycles. The Morgan fingerprint density at radius 2 is 0.884 bits per heavy atom. The van der Waals surface area contributed by atoms with Crippen LogP contribution in [0.15, 0.2) is 224 Å². The number of hydrogen-bond acceptors (Lipinski definition) is 3. The molecule has 14 rings (SSSR count). The third-order valence-corrected chi connectivity index (χ3v) is 14.5. The summed E-state index contributed by atoms with van der Waals surface area (Å²) in [6.45, 7) is 4.76. The van der Waals surface area contributed by atoms with Crippen molar-refractivity contribution < 1.29 is 0 Å². The maximum atomic E-state index is 5.32. The Kier molecular flexibility index (Phi) is 8.56. The molecule has 3 aromatic heterocycles. The number of fused-ring (bicyclic) bond motifs is 11. The van der Waals surface area contributed by atoms with Crippen LogP contribution >= 0.6 is 0 Å². The van der Waals surface area contributed by atoms with Crippen LogP contribution in [0.25, 0.3) is 122 Å². The maximum Gasteiger partial charge on any atom is 0.164 e. The van der Waals surface area contributed by atoms with Crippen LogP contribution in [0, 0.1) is 0 Å². The zero-order valence-corrected chi connectivity index (χ0v) is 38.1. The molecule has 0 bridgehead atoms. The minimum atomic E-state index is -0.216. The van der Waals surface area contributed by atoms with Gasteiger partial charge in [0.05, 0.1) is 22.1 Å². The predicted octanol–water partition coefficient (Wildman–Crippen LogP) is 16.2. The molecule has 5 heteroatoms. The maximum absolute atomic E-state index is 5.32. The zero-order valence-electron chi connectivity index (χ0n) is 38.1. The van der Waals surface area contributed by atoms with Gasteiger partial charge in [0.25, 0.3) is 0 Å². The van der Waals surface area contributed by atoms with E-state index in [4.69, 9.17) is 15.0 Å². The van der Waals surface area contributed by atoms with Gasteiger partial charge in [-0.2, -0.15) is 0 Å². The lowest BCUT2D eigenvalue weighted by molar-refractivity contribution is 0.661. The minimum Gasteiger partial charge on any atom is -0.309 e. The lowest BCUT2D eigenvalue weighted by Gasteiger charge is -2.22. The molecule has 0 unspecified atom stereocenters. The molecule has 69 heavy (non-hydrogen) atoms. The number of rotatable bonds is 6. The van der Waals surface area contributed by atoms with Gasteiger partial charge >= 0.3 is 0 Å². The van der Waals surface area contributed by atoms with E-state index < -0.39 is 0 Å². The number of aromatic nitrogens is 5. The molecule has 13 aromatic rings. The van der Waals surface area contributed by atoms with Crippen molar-refractivity contribution in [1.82, 2.24) is 24.1 Å².